The Bertz CT molecular complexity index is 947. The number of thiophene rings is 1. The predicted molar refractivity (Wildman–Crippen MR) is 112 cm³/mol. The molecule has 2 aromatic heterocycles. The number of nitrogens with zero attached hydrogens (tertiary/aromatic N) is 3. The topological polar surface area (TPSA) is 48.5 Å². The van der Waals surface area contributed by atoms with E-state index in [0.29, 0.717) is 10.6 Å². The molecule has 0 saturated carbocycles. The van der Waals surface area contributed by atoms with E-state index >= 15 is 0 Å². The smallest absolute Gasteiger partial charge is 0.265 e. The van der Waals surface area contributed by atoms with Gasteiger partial charge in [-0.05, 0) is 49.0 Å². The van der Waals surface area contributed by atoms with Gasteiger partial charge in [-0.3, -0.25) is 4.79 Å². The number of hydrogen-bond donors (Lipinski definition) is 1. The lowest BCUT2D eigenvalue weighted by Gasteiger charge is -2.33. The summed E-state index contributed by atoms with van der Waals surface area (Å²) in [5, 5.41) is 2.89. The van der Waals surface area contributed by atoms with E-state index in [9.17, 15) is 9.18 Å². The van der Waals surface area contributed by atoms with Crippen molar-refractivity contribution in [1.82, 2.24) is 9.88 Å². The number of carbonyl (C=O) groups is 1. The van der Waals surface area contributed by atoms with Gasteiger partial charge in [-0.15, -0.1) is 11.3 Å². The lowest BCUT2D eigenvalue weighted by Crippen LogP contribution is -2.44. The van der Waals surface area contributed by atoms with Crippen LogP contribution in [0.15, 0.2) is 54.7 Å². The minimum Gasteiger partial charge on any atom is -0.354 e. The number of rotatable bonds is 4. The molecule has 28 heavy (non-hydrogen) atoms. The van der Waals surface area contributed by atoms with Crippen LogP contribution in [0.1, 0.15) is 9.67 Å². The van der Waals surface area contributed by atoms with Crippen molar-refractivity contribution >= 4 is 28.7 Å². The normalized spacial score (nSPS) is 14.9. The lowest BCUT2D eigenvalue weighted by atomic mass is 10.2. The fraction of sp³-hybridized carbons (Fsp3) is 0.238. The van der Waals surface area contributed by atoms with Gasteiger partial charge < -0.3 is 15.1 Å². The summed E-state index contributed by atoms with van der Waals surface area (Å²) < 4.78 is 13.1. The van der Waals surface area contributed by atoms with Crippen molar-refractivity contribution in [3.8, 4) is 10.4 Å². The molecule has 0 atom stereocenters. The zero-order chi connectivity index (χ0) is 19.5. The molecule has 7 heteroatoms. The summed E-state index contributed by atoms with van der Waals surface area (Å²) in [5.41, 5.74) is 1.56. The van der Waals surface area contributed by atoms with Crippen LogP contribution in [0.2, 0.25) is 0 Å². The van der Waals surface area contributed by atoms with Gasteiger partial charge in [-0.2, -0.15) is 0 Å². The molecule has 0 spiro atoms. The molecule has 1 N–H and O–H groups in total. The third-order valence-electron chi connectivity index (χ3n) is 4.79. The summed E-state index contributed by atoms with van der Waals surface area (Å²) in [6.45, 7) is 3.96. The fourth-order valence-electron chi connectivity index (χ4n) is 3.10. The van der Waals surface area contributed by atoms with Crippen molar-refractivity contribution in [2.75, 3.05) is 43.4 Å². The highest BCUT2D eigenvalue weighted by atomic mass is 32.1. The van der Waals surface area contributed by atoms with Crippen molar-refractivity contribution in [2.24, 2.45) is 0 Å². The molecule has 3 heterocycles. The van der Waals surface area contributed by atoms with Crippen LogP contribution in [-0.4, -0.2) is 49.0 Å². The first-order valence-electron chi connectivity index (χ1n) is 9.15. The molecule has 1 fully saturated rings. The van der Waals surface area contributed by atoms with Crippen LogP contribution >= 0.6 is 11.3 Å². The minimum atomic E-state index is -0.272. The molecule has 5 nitrogen and oxygen atoms in total. The monoisotopic (exact) mass is 396 g/mol. The number of pyridine rings is 1. The standard InChI is InChI=1S/C21H21FN4OS/c1-25-10-12-26(13-11-25)20-9-6-17(14-23-20)24-21(27)19-8-7-18(28-19)15-2-4-16(22)5-3-15/h2-9,14H,10-13H2,1H3,(H,24,27). The van der Waals surface area contributed by atoms with Gasteiger partial charge in [-0.1, -0.05) is 12.1 Å². The third kappa shape index (κ3) is 4.21. The van der Waals surface area contributed by atoms with Crippen LogP contribution in [0.4, 0.5) is 15.9 Å². The van der Waals surface area contributed by atoms with Gasteiger partial charge in [0.05, 0.1) is 16.8 Å². The number of benzene rings is 1. The molecular formula is C21H21FN4OS. The summed E-state index contributed by atoms with van der Waals surface area (Å²) in [6, 6.07) is 13.7. The maximum atomic E-state index is 13.1. The Morgan fingerprint density at radius 3 is 2.46 bits per heavy atom. The van der Waals surface area contributed by atoms with E-state index in [1.165, 1.54) is 23.5 Å². The second-order valence-corrected chi connectivity index (χ2v) is 7.90. The van der Waals surface area contributed by atoms with Gasteiger partial charge in [-0.25, -0.2) is 9.37 Å². The number of halogens is 1. The number of piperazine rings is 1. The van der Waals surface area contributed by atoms with Gasteiger partial charge >= 0.3 is 0 Å². The molecule has 1 amide bonds. The Balaban J connectivity index is 1.40. The van der Waals surface area contributed by atoms with Crippen molar-refractivity contribution in [3.63, 3.8) is 0 Å². The molecule has 0 bridgehead atoms. The van der Waals surface area contributed by atoms with Crippen LogP contribution in [0, 0.1) is 5.82 Å². The maximum Gasteiger partial charge on any atom is 0.265 e. The second-order valence-electron chi connectivity index (χ2n) is 6.82. The van der Waals surface area contributed by atoms with Crippen LogP contribution in [-0.2, 0) is 0 Å². The Morgan fingerprint density at radius 1 is 1.04 bits per heavy atom. The quantitative estimate of drug-likeness (QED) is 0.725. The molecule has 1 saturated heterocycles. The molecular weight excluding hydrogens is 375 g/mol. The highest BCUT2D eigenvalue weighted by Crippen LogP contribution is 2.29. The summed E-state index contributed by atoms with van der Waals surface area (Å²) >= 11 is 1.38. The van der Waals surface area contributed by atoms with Gasteiger partial charge in [0.15, 0.2) is 0 Å². The van der Waals surface area contributed by atoms with Crippen LogP contribution in [0.5, 0.6) is 0 Å². The number of aromatic nitrogens is 1. The van der Waals surface area contributed by atoms with Crippen LogP contribution in [0.3, 0.4) is 0 Å². The molecule has 1 aliphatic heterocycles. The first-order chi connectivity index (χ1) is 13.6. The maximum absolute atomic E-state index is 13.1. The van der Waals surface area contributed by atoms with Crippen LogP contribution < -0.4 is 10.2 Å². The number of likely N-dealkylation sites (N-methyl/N-ethyl adjacent to an activating group) is 1. The Hall–Kier alpha value is -2.77. The van der Waals surface area contributed by atoms with E-state index in [2.05, 4.69) is 27.1 Å². The number of carbonyl (C=O) groups excluding carboxylic acids is 1. The first kappa shape index (κ1) is 18.6. The molecule has 3 aromatic rings. The van der Waals surface area contributed by atoms with E-state index < -0.39 is 0 Å². The zero-order valence-electron chi connectivity index (χ0n) is 15.6. The Kier molecular flexibility index (Phi) is 5.36. The van der Waals surface area contributed by atoms with E-state index in [1.807, 2.05) is 18.2 Å². The van der Waals surface area contributed by atoms with Crippen molar-refractivity contribution < 1.29 is 9.18 Å². The van der Waals surface area contributed by atoms with Gasteiger partial charge in [0.2, 0.25) is 0 Å². The largest absolute Gasteiger partial charge is 0.354 e. The van der Waals surface area contributed by atoms with Gasteiger partial charge in [0, 0.05) is 31.1 Å². The highest BCUT2D eigenvalue weighted by Gasteiger charge is 2.16. The fourth-order valence-corrected chi connectivity index (χ4v) is 4.01. The highest BCUT2D eigenvalue weighted by molar-refractivity contribution is 7.17. The third-order valence-corrected chi connectivity index (χ3v) is 5.92. The molecule has 1 aromatic carbocycles. The zero-order valence-corrected chi connectivity index (χ0v) is 16.4. The second kappa shape index (κ2) is 8.08. The Labute approximate surface area is 167 Å². The Morgan fingerprint density at radius 2 is 1.79 bits per heavy atom. The van der Waals surface area contributed by atoms with Gasteiger partial charge in [0.25, 0.3) is 5.91 Å². The number of amides is 1. The number of anilines is 2. The average molecular weight is 396 g/mol. The van der Waals surface area contributed by atoms with Crippen LogP contribution in [0.25, 0.3) is 10.4 Å². The summed E-state index contributed by atoms with van der Waals surface area (Å²) in [7, 11) is 2.12. The molecule has 4 rings (SSSR count). The molecule has 0 radical (unpaired) electrons. The minimum absolute atomic E-state index is 0.174. The van der Waals surface area contributed by atoms with E-state index in [4.69, 9.17) is 0 Å². The van der Waals surface area contributed by atoms with E-state index in [-0.39, 0.29) is 11.7 Å². The predicted octanol–water partition coefficient (Wildman–Crippen LogP) is 3.95. The molecule has 1 aliphatic rings. The summed E-state index contributed by atoms with van der Waals surface area (Å²) in [6.07, 6.45) is 1.69. The first-order valence-corrected chi connectivity index (χ1v) is 9.97. The summed E-state index contributed by atoms with van der Waals surface area (Å²) in [5.74, 6) is 0.485. The average Bonchev–Trinajstić information content (AvgIpc) is 3.20. The van der Waals surface area contributed by atoms with Crippen molar-refractivity contribution in [3.05, 3.63) is 65.4 Å². The molecule has 144 valence electrons. The van der Waals surface area contributed by atoms with Crippen molar-refractivity contribution in [2.45, 2.75) is 0 Å². The summed E-state index contributed by atoms with van der Waals surface area (Å²) in [4.78, 5) is 23.1. The SMILES string of the molecule is CN1CCN(c2ccc(NC(=O)c3ccc(-c4ccc(F)cc4)s3)cn2)CC1. The van der Waals surface area contributed by atoms with E-state index in [0.717, 1.165) is 42.4 Å². The van der Waals surface area contributed by atoms with Crippen molar-refractivity contribution in [1.29, 1.82) is 0 Å². The lowest BCUT2D eigenvalue weighted by molar-refractivity contribution is 0.103. The number of hydrogen-bond acceptors (Lipinski definition) is 5. The number of nitrogens with one attached hydrogen (secondary N) is 1. The molecule has 0 aliphatic carbocycles. The van der Waals surface area contributed by atoms with E-state index in [1.54, 1.807) is 24.4 Å². The van der Waals surface area contributed by atoms with Gasteiger partial charge in [0.1, 0.15) is 11.6 Å². The molecule has 0 unspecified atom stereocenters.